The summed E-state index contributed by atoms with van der Waals surface area (Å²) in [6, 6.07) is 25.8. The number of rotatable bonds is 0. The highest BCUT2D eigenvalue weighted by molar-refractivity contribution is 6.52. The molecule has 35 heavy (non-hydrogen) atoms. The molecule has 3 nitrogen and oxygen atoms in total. The molecule has 0 bridgehead atoms. The van der Waals surface area contributed by atoms with Gasteiger partial charge in [-0.2, -0.15) is 0 Å². The van der Waals surface area contributed by atoms with Crippen LogP contribution in [-0.2, 0) is 0 Å². The standard InChI is InChI=1S/C32H12O3/c33-31-27-19-11-15-5-1-3-13-9-17-7-8-18-10-14-4-2-6-16-12-20(28(27)32(34)35-31)26-25(19)29(21(13)15)23(17)24(18)30(26)22(14)16/h1-12H. The third kappa shape index (κ3) is 1.61. The van der Waals surface area contributed by atoms with Gasteiger partial charge in [0.2, 0.25) is 0 Å². The molecule has 0 unspecified atom stereocenters. The van der Waals surface area contributed by atoms with E-state index in [9.17, 15) is 9.59 Å². The van der Waals surface area contributed by atoms with E-state index in [0.29, 0.717) is 10.8 Å². The van der Waals surface area contributed by atoms with Crippen molar-refractivity contribution in [3.63, 3.8) is 0 Å². The normalized spacial score (nSPS) is 13.4. The van der Waals surface area contributed by atoms with E-state index in [0.717, 1.165) is 32.3 Å². The third-order valence-electron chi connectivity index (χ3n) is 8.42. The summed E-state index contributed by atoms with van der Waals surface area (Å²) in [6.07, 6.45) is 0. The van der Waals surface area contributed by atoms with Crippen LogP contribution in [0.5, 0.6) is 0 Å². The van der Waals surface area contributed by atoms with Gasteiger partial charge < -0.3 is 4.42 Å². The first-order valence-corrected chi connectivity index (χ1v) is 11.8. The lowest BCUT2D eigenvalue weighted by Gasteiger charge is -2.23. The fraction of sp³-hybridized carbons (Fsp3) is 0. The van der Waals surface area contributed by atoms with E-state index < -0.39 is 11.3 Å². The molecule has 10 aromatic rings. The Balaban J connectivity index is 1.81. The fourth-order valence-corrected chi connectivity index (χ4v) is 7.25. The minimum atomic E-state index is -0.549. The molecule has 0 aliphatic rings. The molecule has 10 rings (SSSR count). The Morgan fingerprint density at radius 3 is 1.23 bits per heavy atom. The number of fused-ring (bicyclic) bond motifs is 3. The maximum atomic E-state index is 13.1. The van der Waals surface area contributed by atoms with Crippen molar-refractivity contribution in [2.75, 3.05) is 0 Å². The molecule has 0 radical (unpaired) electrons. The van der Waals surface area contributed by atoms with Crippen LogP contribution in [0.2, 0.25) is 0 Å². The molecule has 1 heterocycles. The summed E-state index contributed by atoms with van der Waals surface area (Å²) >= 11 is 0. The van der Waals surface area contributed by atoms with Gasteiger partial charge in [0.1, 0.15) is 0 Å². The maximum Gasteiger partial charge on any atom is 0.347 e. The zero-order chi connectivity index (χ0) is 22.7. The number of hydrogen-bond acceptors (Lipinski definition) is 3. The minimum Gasteiger partial charge on any atom is -0.386 e. The number of benzene rings is 9. The lowest BCUT2D eigenvalue weighted by atomic mass is 9.78. The van der Waals surface area contributed by atoms with Crippen molar-refractivity contribution in [2.24, 2.45) is 0 Å². The highest BCUT2D eigenvalue weighted by atomic mass is 16.4. The molecule has 3 heteroatoms. The minimum absolute atomic E-state index is 0.404. The second kappa shape index (κ2) is 5.01. The molecule has 0 amide bonds. The van der Waals surface area contributed by atoms with Crippen LogP contribution < -0.4 is 11.3 Å². The van der Waals surface area contributed by atoms with E-state index in [4.69, 9.17) is 4.42 Å². The van der Waals surface area contributed by atoms with Crippen LogP contribution in [0.15, 0.2) is 86.8 Å². The lowest BCUT2D eigenvalue weighted by molar-refractivity contribution is 0.500. The van der Waals surface area contributed by atoms with Gasteiger partial charge in [0.25, 0.3) is 0 Å². The summed E-state index contributed by atoms with van der Waals surface area (Å²) in [5, 5.41) is 18.7. The van der Waals surface area contributed by atoms with Gasteiger partial charge in [-0.15, -0.1) is 0 Å². The van der Waals surface area contributed by atoms with Crippen LogP contribution in [0.4, 0.5) is 0 Å². The zero-order valence-corrected chi connectivity index (χ0v) is 18.2. The van der Waals surface area contributed by atoms with Gasteiger partial charge in [0.05, 0.1) is 10.8 Å². The van der Waals surface area contributed by atoms with Crippen LogP contribution in [0.25, 0.3) is 97.0 Å². The topological polar surface area (TPSA) is 47.3 Å². The van der Waals surface area contributed by atoms with Gasteiger partial charge in [0.15, 0.2) is 0 Å². The monoisotopic (exact) mass is 444 g/mol. The van der Waals surface area contributed by atoms with Gasteiger partial charge >= 0.3 is 11.3 Å². The molecular formula is C32H12O3. The van der Waals surface area contributed by atoms with Crippen LogP contribution >= 0.6 is 0 Å². The summed E-state index contributed by atoms with van der Waals surface area (Å²) in [4.78, 5) is 26.2. The molecule has 0 aliphatic carbocycles. The van der Waals surface area contributed by atoms with Gasteiger partial charge in [-0.3, -0.25) is 0 Å². The van der Waals surface area contributed by atoms with E-state index in [1.54, 1.807) is 0 Å². The van der Waals surface area contributed by atoms with E-state index >= 15 is 0 Å². The van der Waals surface area contributed by atoms with E-state index in [1.807, 2.05) is 0 Å². The molecule has 0 N–H and O–H groups in total. The van der Waals surface area contributed by atoms with Gasteiger partial charge in [-0.1, -0.05) is 48.5 Å². The molecule has 0 spiro atoms. The summed E-state index contributed by atoms with van der Waals surface area (Å²) in [6.45, 7) is 0. The van der Waals surface area contributed by atoms with Gasteiger partial charge in [0, 0.05) is 0 Å². The highest BCUT2D eigenvalue weighted by Gasteiger charge is 2.27. The van der Waals surface area contributed by atoms with Crippen molar-refractivity contribution in [3.8, 4) is 0 Å². The molecule has 0 atom stereocenters. The molecule has 0 aliphatic heterocycles. The Kier molecular flexibility index (Phi) is 2.40. The first-order chi connectivity index (χ1) is 17.2. The molecule has 9 aromatic carbocycles. The van der Waals surface area contributed by atoms with Crippen LogP contribution in [0.1, 0.15) is 0 Å². The Hall–Kier alpha value is -4.76. The van der Waals surface area contributed by atoms with Crippen molar-refractivity contribution in [1.29, 1.82) is 0 Å². The average molecular weight is 444 g/mol. The predicted molar refractivity (Wildman–Crippen MR) is 145 cm³/mol. The summed E-state index contributed by atoms with van der Waals surface area (Å²) in [5.74, 6) is 0. The number of hydrogen-bond donors (Lipinski definition) is 0. The molecule has 1 aromatic heterocycles. The predicted octanol–water partition coefficient (Wildman–Crippen LogP) is 7.57. The summed E-state index contributed by atoms with van der Waals surface area (Å²) in [5.41, 5.74) is -1.10. The Morgan fingerprint density at radius 2 is 0.771 bits per heavy atom. The average Bonchev–Trinajstić information content (AvgIpc) is 3.18. The van der Waals surface area contributed by atoms with Gasteiger partial charge in [-0.25, -0.2) is 9.59 Å². The van der Waals surface area contributed by atoms with Gasteiger partial charge in [-0.05, 0) is 110 Å². The van der Waals surface area contributed by atoms with Crippen molar-refractivity contribution in [1.82, 2.24) is 0 Å². The van der Waals surface area contributed by atoms with Crippen molar-refractivity contribution >= 4 is 97.0 Å². The lowest BCUT2D eigenvalue weighted by Crippen LogP contribution is -1.98. The Morgan fingerprint density at radius 1 is 0.371 bits per heavy atom. The first kappa shape index (κ1) is 16.8. The quantitative estimate of drug-likeness (QED) is 0.179. The fourth-order valence-electron chi connectivity index (χ4n) is 7.25. The molecule has 0 fully saturated rings. The van der Waals surface area contributed by atoms with E-state index in [1.165, 1.54) is 53.9 Å². The molecule has 158 valence electrons. The first-order valence-electron chi connectivity index (χ1n) is 11.8. The summed E-state index contributed by atoms with van der Waals surface area (Å²) < 4.78 is 5.23. The van der Waals surface area contributed by atoms with Crippen molar-refractivity contribution in [3.05, 3.63) is 93.6 Å². The summed E-state index contributed by atoms with van der Waals surface area (Å²) in [7, 11) is 0. The zero-order valence-electron chi connectivity index (χ0n) is 18.2. The van der Waals surface area contributed by atoms with Crippen LogP contribution in [0, 0.1) is 0 Å². The molecular weight excluding hydrogens is 432 g/mol. The van der Waals surface area contributed by atoms with E-state index in [2.05, 4.69) is 72.8 Å². The van der Waals surface area contributed by atoms with Crippen molar-refractivity contribution < 1.29 is 4.42 Å². The SMILES string of the molecule is O=c1oc(=O)c2c3cc4cccc5cc6ccc7cc8cccc9cc(c12)c1c3c(c54)c6c7c1c89. The maximum absolute atomic E-state index is 13.1. The Labute approximate surface area is 195 Å². The van der Waals surface area contributed by atoms with Crippen molar-refractivity contribution in [2.45, 2.75) is 0 Å². The largest absolute Gasteiger partial charge is 0.386 e. The second-order valence-electron chi connectivity index (χ2n) is 9.95. The second-order valence-corrected chi connectivity index (χ2v) is 9.95. The van der Waals surface area contributed by atoms with E-state index in [-0.39, 0.29) is 0 Å². The smallest absolute Gasteiger partial charge is 0.347 e. The molecule has 0 saturated heterocycles. The number of furan rings is 1. The van der Waals surface area contributed by atoms with Crippen LogP contribution in [0.3, 0.4) is 0 Å². The third-order valence-corrected chi connectivity index (χ3v) is 8.42. The molecule has 0 saturated carbocycles. The van der Waals surface area contributed by atoms with Crippen LogP contribution in [-0.4, -0.2) is 0 Å². The highest BCUT2D eigenvalue weighted by Crippen LogP contribution is 2.53. The Bertz CT molecular complexity index is 2440.